The van der Waals surface area contributed by atoms with Crippen molar-refractivity contribution in [3.05, 3.63) is 17.0 Å². The predicted molar refractivity (Wildman–Crippen MR) is 57.6 cm³/mol. The Labute approximate surface area is 85.5 Å². The van der Waals surface area contributed by atoms with Crippen molar-refractivity contribution in [2.75, 3.05) is 13.1 Å². The van der Waals surface area contributed by atoms with Crippen LogP contribution in [-0.4, -0.2) is 22.9 Å². The summed E-state index contributed by atoms with van der Waals surface area (Å²) >= 11 is 0. The van der Waals surface area contributed by atoms with Gasteiger partial charge in [0.2, 0.25) is 0 Å². The molecule has 1 aliphatic heterocycles. The van der Waals surface area contributed by atoms with Crippen LogP contribution in [0, 0.1) is 13.8 Å². The van der Waals surface area contributed by atoms with Gasteiger partial charge in [0.05, 0.1) is 11.7 Å². The summed E-state index contributed by atoms with van der Waals surface area (Å²) in [6.07, 6.45) is 2.31. The molecule has 1 unspecified atom stereocenters. The Balaban J connectivity index is 2.33. The Morgan fingerprint density at radius 2 is 2.29 bits per heavy atom. The second kappa shape index (κ2) is 3.73. The Kier molecular flexibility index (Phi) is 2.59. The van der Waals surface area contributed by atoms with E-state index in [1.54, 1.807) is 0 Å². The van der Waals surface area contributed by atoms with E-state index in [4.69, 9.17) is 0 Å². The van der Waals surface area contributed by atoms with Gasteiger partial charge in [0, 0.05) is 12.2 Å². The third kappa shape index (κ3) is 1.46. The largest absolute Gasteiger partial charge is 0.315 e. The molecule has 2 rings (SSSR count). The lowest BCUT2D eigenvalue weighted by atomic mass is 10.1. The summed E-state index contributed by atoms with van der Waals surface area (Å²) in [5, 5.41) is 8.02. The van der Waals surface area contributed by atoms with E-state index in [0.717, 1.165) is 19.5 Å². The minimum Gasteiger partial charge on any atom is -0.315 e. The van der Waals surface area contributed by atoms with Crippen LogP contribution in [0.5, 0.6) is 0 Å². The van der Waals surface area contributed by atoms with Gasteiger partial charge in [-0.3, -0.25) is 4.68 Å². The van der Waals surface area contributed by atoms with Gasteiger partial charge in [-0.05, 0) is 38.8 Å². The topological polar surface area (TPSA) is 29.9 Å². The monoisotopic (exact) mass is 193 g/mol. The van der Waals surface area contributed by atoms with E-state index in [0.29, 0.717) is 6.04 Å². The maximum atomic E-state index is 4.64. The first-order valence-corrected chi connectivity index (χ1v) is 5.49. The molecule has 1 aliphatic rings. The number of aromatic nitrogens is 2. The van der Waals surface area contributed by atoms with Crippen LogP contribution in [0.3, 0.4) is 0 Å². The Hall–Kier alpha value is -0.830. The number of rotatable bonds is 2. The van der Waals surface area contributed by atoms with Crippen LogP contribution in [0.2, 0.25) is 0 Å². The number of nitrogens with one attached hydrogen (secondary N) is 1. The van der Waals surface area contributed by atoms with Gasteiger partial charge < -0.3 is 5.32 Å². The van der Waals surface area contributed by atoms with Crippen LogP contribution < -0.4 is 5.32 Å². The van der Waals surface area contributed by atoms with Crippen molar-refractivity contribution in [2.45, 2.75) is 39.7 Å². The summed E-state index contributed by atoms with van der Waals surface area (Å²) < 4.78 is 2.22. The molecule has 0 amide bonds. The van der Waals surface area contributed by atoms with E-state index in [1.807, 2.05) is 0 Å². The first kappa shape index (κ1) is 9.71. The van der Waals surface area contributed by atoms with E-state index in [2.05, 4.69) is 35.9 Å². The maximum Gasteiger partial charge on any atom is 0.0658 e. The van der Waals surface area contributed by atoms with Gasteiger partial charge in [-0.2, -0.15) is 5.10 Å². The average Bonchev–Trinajstić information content (AvgIpc) is 2.74. The predicted octanol–water partition coefficient (Wildman–Crippen LogP) is 1.60. The number of aryl methyl sites for hydroxylation is 1. The summed E-state index contributed by atoms with van der Waals surface area (Å²) in [7, 11) is 0. The van der Waals surface area contributed by atoms with Crippen molar-refractivity contribution in [3.8, 4) is 0 Å². The standard InChI is InChI=1S/C11H19N3/c1-4-11-8(2)13-14(9(11)3)10-5-6-12-7-10/h10,12H,4-7H2,1-3H3. The Bertz CT molecular complexity index is 322. The molecular formula is C11H19N3. The third-order valence-corrected chi connectivity index (χ3v) is 3.21. The zero-order chi connectivity index (χ0) is 10.1. The summed E-state index contributed by atoms with van der Waals surface area (Å²) in [5.41, 5.74) is 3.99. The van der Waals surface area contributed by atoms with Gasteiger partial charge >= 0.3 is 0 Å². The molecule has 0 bridgehead atoms. The summed E-state index contributed by atoms with van der Waals surface area (Å²) in [5.74, 6) is 0. The van der Waals surface area contributed by atoms with E-state index < -0.39 is 0 Å². The SMILES string of the molecule is CCc1c(C)nn(C2CCNC2)c1C. The van der Waals surface area contributed by atoms with Gasteiger partial charge in [-0.15, -0.1) is 0 Å². The van der Waals surface area contributed by atoms with Crippen molar-refractivity contribution in [3.63, 3.8) is 0 Å². The van der Waals surface area contributed by atoms with Crippen LogP contribution >= 0.6 is 0 Å². The molecule has 1 atom stereocenters. The third-order valence-electron chi connectivity index (χ3n) is 3.21. The molecule has 0 saturated carbocycles. The minimum absolute atomic E-state index is 0.578. The zero-order valence-corrected chi connectivity index (χ0v) is 9.30. The molecule has 3 nitrogen and oxygen atoms in total. The maximum absolute atomic E-state index is 4.64. The molecule has 0 radical (unpaired) electrons. The van der Waals surface area contributed by atoms with Crippen molar-refractivity contribution in [2.24, 2.45) is 0 Å². The molecule has 1 aromatic heterocycles. The highest BCUT2D eigenvalue weighted by Gasteiger charge is 2.20. The molecule has 0 aliphatic carbocycles. The van der Waals surface area contributed by atoms with Crippen LogP contribution in [0.25, 0.3) is 0 Å². The van der Waals surface area contributed by atoms with Gasteiger partial charge in [0.1, 0.15) is 0 Å². The van der Waals surface area contributed by atoms with Crippen LogP contribution in [-0.2, 0) is 6.42 Å². The molecule has 3 heteroatoms. The van der Waals surface area contributed by atoms with Crippen molar-refractivity contribution >= 4 is 0 Å². The first-order valence-electron chi connectivity index (χ1n) is 5.49. The molecule has 0 aromatic carbocycles. The fraction of sp³-hybridized carbons (Fsp3) is 0.727. The zero-order valence-electron chi connectivity index (χ0n) is 9.30. The van der Waals surface area contributed by atoms with Crippen molar-refractivity contribution < 1.29 is 0 Å². The van der Waals surface area contributed by atoms with Gasteiger partial charge in [-0.1, -0.05) is 6.92 Å². The highest BCUT2D eigenvalue weighted by Crippen LogP contribution is 2.21. The molecule has 0 spiro atoms. The van der Waals surface area contributed by atoms with Gasteiger partial charge in [0.15, 0.2) is 0 Å². The van der Waals surface area contributed by atoms with Crippen LogP contribution in [0.1, 0.15) is 36.3 Å². The molecule has 78 valence electrons. The van der Waals surface area contributed by atoms with E-state index >= 15 is 0 Å². The van der Waals surface area contributed by atoms with Crippen molar-refractivity contribution in [1.29, 1.82) is 0 Å². The van der Waals surface area contributed by atoms with Crippen molar-refractivity contribution in [1.82, 2.24) is 15.1 Å². The quantitative estimate of drug-likeness (QED) is 0.773. The number of hydrogen-bond donors (Lipinski definition) is 1. The average molecular weight is 193 g/mol. The molecule has 14 heavy (non-hydrogen) atoms. The Morgan fingerprint density at radius 3 is 2.79 bits per heavy atom. The second-order valence-corrected chi connectivity index (χ2v) is 4.09. The molecular weight excluding hydrogens is 174 g/mol. The Morgan fingerprint density at radius 1 is 1.50 bits per heavy atom. The van der Waals surface area contributed by atoms with E-state index in [1.165, 1.54) is 23.4 Å². The number of hydrogen-bond acceptors (Lipinski definition) is 2. The van der Waals surface area contributed by atoms with Gasteiger partial charge in [-0.25, -0.2) is 0 Å². The van der Waals surface area contributed by atoms with Gasteiger partial charge in [0.25, 0.3) is 0 Å². The van der Waals surface area contributed by atoms with Crippen LogP contribution in [0.15, 0.2) is 0 Å². The smallest absolute Gasteiger partial charge is 0.0658 e. The molecule has 1 fully saturated rings. The first-order chi connectivity index (χ1) is 6.74. The fourth-order valence-corrected chi connectivity index (χ4v) is 2.41. The molecule has 1 aromatic rings. The second-order valence-electron chi connectivity index (χ2n) is 4.09. The number of nitrogens with zero attached hydrogens (tertiary/aromatic N) is 2. The lowest BCUT2D eigenvalue weighted by Crippen LogP contribution is -2.15. The normalized spacial score (nSPS) is 21.8. The van der Waals surface area contributed by atoms with Crippen LogP contribution in [0.4, 0.5) is 0 Å². The summed E-state index contributed by atoms with van der Waals surface area (Å²) in [6, 6.07) is 0.578. The van der Waals surface area contributed by atoms with E-state index in [9.17, 15) is 0 Å². The lowest BCUT2D eigenvalue weighted by molar-refractivity contribution is 0.477. The molecule has 1 N–H and O–H groups in total. The van der Waals surface area contributed by atoms with E-state index in [-0.39, 0.29) is 0 Å². The summed E-state index contributed by atoms with van der Waals surface area (Å²) in [4.78, 5) is 0. The highest BCUT2D eigenvalue weighted by molar-refractivity contribution is 5.24. The fourth-order valence-electron chi connectivity index (χ4n) is 2.41. The lowest BCUT2D eigenvalue weighted by Gasteiger charge is -2.11. The highest BCUT2D eigenvalue weighted by atomic mass is 15.3. The minimum atomic E-state index is 0.578. The molecule has 1 saturated heterocycles. The summed E-state index contributed by atoms with van der Waals surface area (Å²) in [6.45, 7) is 8.71. The molecule has 2 heterocycles.